The van der Waals surface area contributed by atoms with Gasteiger partial charge in [0.1, 0.15) is 11.5 Å². The zero-order chi connectivity index (χ0) is 15.1. The van der Waals surface area contributed by atoms with Crippen molar-refractivity contribution >= 4 is 0 Å². The van der Waals surface area contributed by atoms with Gasteiger partial charge in [-0.05, 0) is 24.5 Å². The largest absolute Gasteiger partial charge is 0.497 e. The van der Waals surface area contributed by atoms with Crippen LogP contribution in [0.1, 0.15) is 23.6 Å². The van der Waals surface area contributed by atoms with Gasteiger partial charge >= 0.3 is 0 Å². The number of aryl methyl sites for hydroxylation is 1. The van der Waals surface area contributed by atoms with Crippen molar-refractivity contribution in [2.45, 2.75) is 18.9 Å². The predicted molar refractivity (Wildman–Crippen MR) is 84.4 cm³/mol. The highest BCUT2D eigenvalue weighted by Crippen LogP contribution is 2.31. The topological polar surface area (TPSA) is 56.5 Å². The Bertz CT molecular complexity index is 558. The normalized spacial score (nSPS) is 12.0. The summed E-state index contributed by atoms with van der Waals surface area (Å²) in [4.78, 5) is 0. The number of hydrogen-bond acceptors (Lipinski definition) is 4. The molecule has 2 aromatic carbocycles. The lowest BCUT2D eigenvalue weighted by molar-refractivity contribution is 0.382. The van der Waals surface area contributed by atoms with E-state index in [1.54, 1.807) is 14.2 Å². The van der Waals surface area contributed by atoms with E-state index in [0.717, 1.165) is 29.9 Å². The first-order valence-corrected chi connectivity index (χ1v) is 7.00. The summed E-state index contributed by atoms with van der Waals surface area (Å²) in [6, 6.07) is 16.2. The number of nitrogens with one attached hydrogen (secondary N) is 1. The number of hydrazine groups is 1. The molecule has 0 bridgehead atoms. The quantitative estimate of drug-likeness (QED) is 0.607. The summed E-state index contributed by atoms with van der Waals surface area (Å²) in [5.41, 5.74) is 5.22. The average molecular weight is 286 g/mol. The van der Waals surface area contributed by atoms with Crippen molar-refractivity contribution in [3.05, 3.63) is 59.7 Å². The van der Waals surface area contributed by atoms with Gasteiger partial charge in [-0.25, -0.2) is 0 Å². The predicted octanol–water partition coefficient (Wildman–Crippen LogP) is 2.84. The summed E-state index contributed by atoms with van der Waals surface area (Å²) in [5, 5.41) is 0. The van der Waals surface area contributed by atoms with Gasteiger partial charge in [-0.1, -0.05) is 36.4 Å². The molecule has 0 radical (unpaired) electrons. The molecule has 2 rings (SSSR count). The minimum atomic E-state index is 0.0334. The van der Waals surface area contributed by atoms with Crippen molar-refractivity contribution < 1.29 is 9.47 Å². The molecular weight excluding hydrogens is 264 g/mol. The number of nitrogens with two attached hydrogens (primary N) is 1. The van der Waals surface area contributed by atoms with Crippen LogP contribution in [-0.4, -0.2) is 14.2 Å². The minimum Gasteiger partial charge on any atom is -0.497 e. The molecule has 0 aliphatic heterocycles. The summed E-state index contributed by atoms with van der Waals surface area (Å²) in [6.07, 6.45) is 1.84. The molecule has 4 heteroatoms. The van der Waals surface area contributed by atoms with E-state index in [1.807, 2.05) is 36.4 Å². The lowest BCUT2D eigenvalue weighted by Gasteiger charge is -2.19. The first-order valence-electron chi connectivity index (χ1n) is 7.00. The lowest BCUT2D eigenvalue weighted by Crippen LogP contribution is -2.28. The summed E-state index contributed by atoms with van der Waals surface area (Å²) < 4.78 is 10.7. The third kappa shape index (κ3) is 3.97. The second kappa shape index (κ2) is 7.67. The first kappa shape index (κ1) is 15.4. The molecule has 0 fully saturated rings. The molecule has 4 nitrogen and oxygen atoms in total. The third-order valence-corrected chi connectivity index (χ3v) is 3.58. The molecule has 0 spiro atoms. The minimum absolute atomic E-state index is 0.0334. The van der Waals surface area contributed by atoms with E-state index in [1.165, 1.54) is 5.56 Å². The monoisotopic (exact) mass is 286 g/mol. The van der Waals surface area contributed by atoms with E-state index in [9.17, 15) is 0 Å². The molecule has 112 valence electrons. The second-order valence-electron chi connectivity index (χ2n) is 4.85. The van der Waals surface area contributed by atoms with Crippen molar-refractivity contribution in [2.24, 2.45) is 5.84 Å². The molecule has 0 aromatic heterocycles. The van der Waals surface area contributed by atoms with E-state index >= 15 is 0 Å². The van der Waals surface area contributed by atoms with E-state index < -0.39 is 0 Å². The third-order valence-electron chi connectivity index (χ3n) is 3.58. The number of hydrogen-bond donors (Lipinski definition) is 2. The molecule has 1 unspecified atom stereocenters. The fourth-order valence-electron chi connectivity index (χ4n) is 2.39. The maximum absolute atomic E-state index is 5.73. The number of benzene rings is 2. The zero-order valence-corrected chi connectivity index (χ0v) is 12.5. The van der Waals surface area contributed by atoms with Crippen LogP contribution in [0.25, 0.3) is 0 Å². The van der Waals surface area contributed by atoms with Gasteiger partial charge < -0.3 is 9.47 Å². The van der Waals surface area contributed by atoms with Crippen LogP contribution in [0.5, 0.6) is 11.5 Å². The van der Waals surface area contributed by atoms with Crippen LogP contribution < -0.4 is 20.7 Å². The molecule has 0 saturated heterocycles. The van der Waals surface area contributed by atoms with E-state index in [0.29, 0.717) is 0 Å². The number of methoxy groups -OCH3 is 2. The molecule has 0 aliphatic rings. The van der Waals surface area contributed by atoms with Gasteiger partial charge in [-0.3, -0.25) is 11.3 Å². The van der Waals surface area contributed by atoms with Crippen molar-refractivity contribution in [3.8, 4) is 11.5 Å². The Kier molecular flexibility index (Phi) is 5.60. The molecule has 0 heterocycles. The van der Waals surface area contributed by atoms with Gasteiger partial charge in [0.05, 0.1) is 14.2 Å². The Morgan fingerprint density at radius 3 is 2.43 bits per heavy atom. The Morgan fingerprint density at radius 2 is 1.81 bits per heavy atom. The van der Waals surface area contributed by atoms with E-state index in [-0.39, 0.29) is 6.04 Å². The maximum Gasteiger partial charge on any atom is 0.127 e. The van der Waals surface area contributed by atoms with Gasteiger partial charge in [0.2, 0.25) is 0 Å². The van der Waals surface area contributed by atoms with Gasteiger partial charge in [0.15, 0.2) is 0 Å². The summed E-state index contributed by atoms with van der Waals surface area (Å²) in [7, 11) is 3.30. The standard InChI is InChI=1S/C17H22N2O2/c1-20-14-9-10-15(17(12-14)21-2)16(19-18)11-8-13-6-4-3-5-7-13/h3-7,9-10,12,16,19H,8,11,18H2,1-2H3. The van der Waals surface area contributed by atoms with Crippen LogP contribution in [0.2, 0.25) is 0 Å². The first-order chi connectivity index (χ1) is 10.3. The van der Waals surface area contributed by atoms with Crippen molar-refractivity contribution in [1.82, 2.24) is 5.43 Å². The molecule has 21 heavy (non-hydrogen) atoms. The van der Waals surface area contributed by atoms with Gasteiger partial charge in [-0.2, -0.15) is 0 Å². The average Bonchev–Trinajstić information content (AvgIpc) is 2.56. The van der Waals surface area contributed by atoms with Crippen LogP contribution in [0.4, 0.5) is 0 Å². The maximum atomic E-state index is 5.73. The van der Waals surface area contributed by atoms with Crippen molar-refractivity contribution in [2.75, 3.05) is 14.2 Å². The SMILES string of the molecule is COc1ccc(C(CCc2ccccc2)NN)c(OC)c1. The Morgan fingerprint density at radius 1 is 1.05 bits per heavy atom. The summed E-state index contributed by atoms with van der Waals surface area (Å²) >= 11 is 0. The van der Waals surface area contributed by atoms with E-state index in [4.69, 9.17) is 15.3 Å². The Labute approximate surface area is 125 Å². The van der Waals surface area contributed by atoms with Crippen molar-refractivity contribution in [1.29, 1.82) is 0 Å². The zero-order valence-electron chi connectivity index (χ0n) is 12.5. The van der Waals surface area contributed by atoms with Gasteiger partial charge in [0.25, 0.3) is 0 Å². The molecular formula is C17H22N2O2. The van der Waals surface area contributed by atoms with Crippen LogP contribution >= 0.6 is 0 Å². The Balaban J connectivity index is 2.13. The van der Waals surface area contributed by atoms with Crippen molar-refractivity contribution in [3.63, 3.8) is 0 Å². The molecule has 0 saturated carbocycles. The highest BCUT2D eigenvalue weighted by atomic mass is 16.5. The fourth-order valence-corrected chi connectivity index (χ4v) is 2.39. The fraction of sp³-hybridized carbons (Fsp3) is 0.294. The number of rotatable bonds is 7. The molecule has 3 N–H and O–H groups in total. The summed E-state index contributed by atoms with van der Waals surface area (Å²) in [6.45, 7) is 0. The number of ether oxygens (including phenoxy) is 2. The van der Waals surface area contributed by atoms with Gasteiger partial charge in [-0.15, -0.1) is 0 Å². The smallest absolute Gasteiger partial charge is 0.127 e. The molecule has 1 atom stereocenters. The lowest BCUT2D eigenvalue weighted by atomic mass is 9.98. The summed E-state index contributed by atoms with van der Waals surface area (Å²) in [5.74, 6) is 7.28. The molecule has 0 aliphatic carbocycles. The highest BCUT2D eigenvalue weighted by Gasteiger charge is 2.15. The van der Waals surface area contributed by atoms with Crippen LogP contribution in [0.15, 0.2) is 48.5 Å². The van der Waals surface area contributed by atoms with Crippen LogP contribution in [0, 0.1) is 0 Å². The van der Waals surface area contributed by atoms with Gasteiger partial charge in [0, 0.05) is 17.7 Å². The molecule has 0 amide bonds. The van der Waals surface area contributed by atoms with Crippen LogP contribution in [0.3, 0.4) is 0 Å². The van der Waals surface area contributed by atoms with Crippen LogP contribution in [-0.2, 0) is 6.42 Å². The highest BCUT2D eigenvalue weighted by molar-refractivity contribution is 5.42. The van der Waals surface area contributed by atoms with E-state index in [2.05, 4.69) is 17.6 Å². The Hall–Kier alpha value is -2.04. The molecule has 2 aromatic rings. The second-order valence-corrected chi connectivity index (χ2v) is 4.85.